The van der Waals surface area contributed by atoms with E-state index in [0.29, 0.717) is 5.01 Å². The molecule has 2 amide bonds. The summed E-state index contributed by atoms with van der Waals surface area (Å²) in [4.78, 5) is 47.3. The van der Waals surface area contributed by atoms with E-state index in [9.17, 15) is 19.2 Å². The van der Waals surface area contributed by atoms with Gasteiger partial charge in [0.05, 0.1) is 12.3 Å². The average molecular weight is 340 g/mol. The number of aromatic nitrogens is 1. The van der Waals surface area contributed by atoms with E-state index in [1.165, 1.54) is 25.3 Å². The molecule has 0 bridgehead atoms. The molecular weight excluding hydrogens is 320 g/mol. The van der Waals surface area contributed by atoms with Crippen LogP contribution in [0.1, 0.15) is 19.9 Å². The Morgan fingerprint density at radius 1 is 1.46 bits per heavy atom. The van der Waals surface area contributed by atoms with Crippen LogP contribution in [0.5, 0.6) is 0 Å². The first kappa shape index (κ1) is 19.2. The number of nitrogen functional groups attached to an aromatic ring is 1. The van der Waals surface area contributed by atoms with E-state index in [4.69, 9.17) is 15.6 Å². The maximum absolute atomic E-state index is 12.2. The van der Waals surface area contributed by atoms with Crippen LogP contribution < -0.4 is 16.7 Å². The second-order valence-corrected chi connectivity index (χ2v) is 4.77. The predicted octanol–water partition coefficient (Wildman–Crippen LogP) is -1.59. The van der Waals surface area contributed by atoms with E-state index in [-0.39, 0.29) is 12.3 Å². The third-order valence-corrected chi connectivity index (χ3v) is 3.07. The molecule has 10 heteroatoms. The molecule has 0 saturated carbocycles. The number of aliphatic hydroxyl groups excluding tert-OH is 1. The number of carbonyl (C=O) groups excluding carboxylic acids is 3. The minimum atomic E-state index is -1.00. The first-order valence-electron chi connectivity index (χ1n) is 7.15. The average Bonchev–Trinajstić information content (AvgIpc) is 2.55. The highest BCUT2D eigenvalue weighted by Crippen LogP contribution is 2.04. The topological polar surface area (TPSA) is 144 Å². The molecule has 1 atom stereocenters. The minimum absolute atomic E-state index is 0.0352. The second kappa shape index (κ2) is 8.67. The van der Waals surface area contributed by atoms with Gasteiger partial charge in [-0.2, -0.15) is 0 Å². The zero-order valence-electron chi connectivity index (χ0n) is 13.4. The van der Waals surface area contributed by atoms with Gasteiger partial charge in [-0.1, -0.05) is 0 Å². The molecular formula is C14H20N4O6. The first-order valence-corrected chi connectivity index (χ1v) is 7.15. The van der Waals surface area contributed by atoms with E-state index < -0.39 is 42.5 Å². The summed E-state index contributed by atoms with van der Waals surface area (Å²) < 4.78 is 5.77. The summed E-state index contributed by atoms with van der Waals surface area (Å²) in [7, 11) is 0. The number of nitrogens with zero attached hydrogens (tertiary/aromatic N) is 2. The molecule has 10 nitrogen and oxygen atoms in total. The zero-order chi connectivity index (χ0) is 18.3. The molecule has 1 aromatic heterocycles. The Hall–Kier alpha value is -2.88. The Morgan fingerprint density at radius 3 is 2.71 bits per heavy atom. The van der Waals surface area contributed by atoms with E-state index in [1.807, 2.05) is 0 Å². The summed E-state index contributed by atoms with van der Waals surface area (Å²) in [6.45, 7) is 1.62. The van der Waals surface area contributed by atoms with Crippen molar-refractivity contribution in [2.75, 3.05) is 25.5 Å². The van der Waals surface area contributed by atoms with Crippen molar-refractivity contribution in [3.05, 3.63) is 28.7 Å². The normalized spacial score (nSPS) is 11.5. The molecule has 1 rings (SSSR count). The number of ether oxygens (including phenoxy) is 1. The molecule has 1 aromatic rings. The van der Waals surface area contributed by atoms with Gasteiger partial charge in [0.2, 0.25) is 0 Å². The highest BCUT2D eigenvalue weighted by atomic mass is 16.5. The van der Waals surface area contributed by atoms with Crippen LogP contribution in [0.2, 0.25) is 0 Å². The van der Waals surface area contributed by atoms with Crippen molar-refractivity contribution in [2.45, 2.75) is 19.9 Å². The number of pyridine rings is 1. The number of hydrazine groups is 1. The summed E-state index contributed by atoms with van der Waals surface area (Å²) in [6.07, 6.45) is 1.37. The van der Waals surface area contributed by atoms with Crippen LogP contribution in [-0.4, -0.2) is 52.2 Å². The Bertz CT molecular complexity index is 671. The van der Waals surface area contributed by atoms with Crippen LogP contribution in [0.4, 0.5) is 5.69 Å². The molecule has 0 saturated heterocycles. The van der Waals surface area contributed by atoms with Crippen LogP contribution in [0.25, 0.3) is 0 Å². The van der Waals surface area contributed by atoms with Crippen LogP contribution in [0.15, 0.2) is 23.1 Å². The van der Waals surface area contributed by atoms with Gasteiger partial charge in [-0.3, -0.25) is 24.6 Å². The lowest BCUT2D eigenvalue weighted by Gasteiger charge is -2.24. The largest absolute Gasteiger partial charge is 0.465 e. The molecule has 0 aromatic carbocycles. The summed E-state index contributed by atoms with van der Waals surface area (Å²) >= 11 is 0. The molecule has 0 radical (unpaired) electrons. The molecule has 0 aliphatic rings. The lowest BCUT2D eigenvalue weighted by atomic mass is 10.3. The Balaban J connectivity index is 2.90. The highest BCUT2D eigenvalue weighted by molar-refractivity contribution is 5.87. The summed E-state index contributed by atoms with van der Waals surface area (Å²) in [5.41, 5.74) is 7.09. The van der Waals surface area contributed by atoms with Gasteiger partial charge in [-0.25, -0.2) is 5.01 Å². The maximum Gasteiger partial charge on any atom is 0.327 e. The van der Waals surface area contributed by atoms with Crippen LogP contribution in [0.3, 0.4) is 0 Å². The Morgan fingerprint density at radius 2 is 2.12 bits per heavy atom. The smallest absolute Gasteiger partial charge is 0.327 e. The highest BCUT2D eigenvalue weighted by Gasteiger charge is 2.23. The van der Waals surface area contributed by atoms with Crippen LogP contribution >= 0.6 is 0 Å². The molecule has 0 spiro atoms. The first-order chi connectivity index (χ1) is 11.3. The van der Waals surface area contributed by atoms with Crippen molar-refractivity contribution in [1.29, 1.82) is 0 Å². The number of aliphatic hydroxyl groups is 1. The number of hydrogen-bond donors (Lipinski definition) is 3. The number of nitrogens with one attached hydrogen (secondary N) is 1. The van der Waals surface area contributed by atoms with Gasteiger partial charge in [0.25, 0.3) is 17.4 Å². The van der Waals surface area contributed by atoms with E-state index in [0.717, 1.165) is 4.57 Å². The minimum Gasteiger partial charge on any atom is -0.465 e. The fourth-order valence-corrected chi connectivity index (χ4v) is 1.80. The predicted molar refractivity (Wildman–Crippen MR) is 83.4 cm³/mol. The third-order valence-electron chi connectivity index (χ3n) is 3.07. The van der Waals surface area contributed by atoms with Gasteiger partial charge >= 0.3 is 5.97 Å². The van der Waals surface area contributed by atoms with Crippen molar-refractivity contribution in [3.8, 4) is 0 Å². The molecule has 24 heavy (non-hydrogen) atoms. The number of hydrogen-bond acceptors (Lipinski definition) is 7. The summed E-state index contributed by atoms with van der Waals surface area (Å²) in [6, 6.07) is 1.89. The van der Waals surface area contributed by atoms with Crippen molar-refractivity contribution in [2.24, 2.45) is 0 Å². The lowest BCUT2D eigenvalue weighted by molar-refractivity contribution is -0.154. The number of esters is 1. The Labute approximate surface area is 137 Å². The van der Waals surface area contributed by atoms with Crippen molar-refractivity contribution < 1.29 is 24.2 Å². The fraction of sp³-hybridized carbons (Fsp3) is 0.429. The maximum atomic E-state index is 12.2. The number of nitrogens with two attached hydrogens (primary N) is 1. The molecule has 132 valence electrons. The quantitative estimate of drug-likeness (QED) is 0.418. The van der Waals surface area contributed by atoms with Gasteiger partial charge in [0, 0.05) is 6.20 Å². The van der Waals surface area contributed by atoms with Gasteiger partial charge in [0.1, 0.15) is 19.2 Å². The molecule has 0 aliphatic carbocycles. The number of rotatable bonds is 6. The zero-order valence-corrected chi connectivity index (χ0v) is 13.4. The van der Waals surface area contributed by atoms with Crippen LogP contribution in [0, 0.1) is 0 Å². The second-order valence-electron chi connectivity index (χ2n) is 4.77. The number of carbonyl (C=O) groups is 3. The molecule has 4 N–H and O–H groups in total. The SMILES string of the molecule is CCOC(=O)CN(NC(=O)C(C)n1cccc(N)c1=O)C(=O)CO. The molecule has 0 aliphatic heterocycles. The van der Waals surface area contributed by atoms with E-state index >= 15 is 0 Å². The van der Waals surface area contributed by atoms with Gasteiger partial charge in [-0.15, -0.1) is 0 Å². The van der Waals surface area contributed by atoms with Crippen molar-refractivity contribution >= 4 is 23.5 Å². The van der Waals surface area contributed by atoms with Gasteiger partial charge < -0.3 is 20.1 Å². The molecule has 0 fully saturated rings. The monoisotopic (exact) mass is 340 g/mol. The lowest BCUT2D eigenvalue weighted by Crippen LogP contribution is -2.52. The summed E-state index contributed by atoms with van der Waals surface area (Å²) in [5.74, 6) is -2.40. The van der Waals surface area contributed by atoms with E-state index in [2.05, 4.69) is 5.43 Å². The molecule has 1 heterocycles. The summed E-state index contributed by atoms with van der Waals surface area (Å²) in [5, 5.41) is 9.56. The fourth-order valence-electron chi connectivity index (χ4n) is 1.80. The number of amides is 2. The standard InChI is InChI=1S/C14H20N4O6/c1-3-24-12(21)7-18(11(20)8-19)16-13(22)9(2)17-6-4-5-10(15)14(17)23/h4-6,9,19H,3,7-8,15H2,1-2H3,(H,16,22). The van der Waals surface area contributed by atoms with E-state index in [1.54, 1.807) is 6.92 Å². The van der Waals surface area contributed by atoms with Crippen molar-refractivity contribution in [1.82, 2.24) is 15.0 Å². The van der Waals surface area contributed by atoms with Crippen LogP contribution in [-0.2, 0) is 19.1 Å². The van der Waals surface area contributed by atoms with Crippen molar-refractivity contribution in [3.63, 3.8) is 0 Å². The third kappa shape index (κ3) is 4.81. The Kier molecular flexibility index (Phi) is 6.93. The molecule has 1 unspecified atom stereocenters. The number of anilines is 1. The van der Waals surface area contributed by atoms with Gasteiger partial charge in [-0.05, 0) is 26.0 Å². The van der Waals surface area contributed by atoms with Gasteiger partial charge in [0.15, 0.2) is 0 Å².